The minimum atomic E-state index is -3.98. The number of rotatable bonds is 5. The van der Waals surface area contributed by atoms with E-state index in [2.05, 4.69) is 4.98 Å². The number of hydrogen-bond acceptors (Lipinski definition) is 4. The first-order valence-corrected chi connectivity index (χ1v) is 7.63. The zero-order valence-corrected chi connectivity index (χ0v) is 12.2. The van der Waals surface area contributed by atoms with Crippen molar-refractivity contribution in [2.24, 2.45) is 0 Å². The van der Waals surface area contributed by atoms with Crippen LogP contribution in [0, 0.1) is 5.82 Å². The molecule has 7 heteroatoms. The summed E-state index contributed by atoms with van der Waals surface area (Å²) >= 11 is 0. The summed E-state index contributed by atoms with van der Waals surface area (Å²) in [5, 5.41) is 9.05. The van der Waals surface area contributed by atoms with E-state index in [0.717, 1.165) is 16.4 Å². The summed E-state index contributed by atoms with van der Waals surface area (Å²) in [5.74, 6) is -0.842. The first-order chi connectivity index (χ1) is 9.95. The van der Waals surface area contributed by atoms with Crippen molar-refractivity contribution in [3.63, 3.8) is 0 Å². The molecule has 0 bridgehead atoms. The number of nitrogens with zero attached hydrogens (tertiary/aromatic N) is 2. The van der Waals surface area contributed by atoms with E-state index in [-0.39, 0.29) is 13.2 Å². The fourth-order valence-electron chi connectivity index (χ4n) is 1.85. The van der Waals surface area contributed by atoms with Crippen LogP contribution in [0.5, 0.6) is 0 Å². The molecule has 1 N–H and O–H groups in total. The number of pyridine rings is 1. The van der Waals surface area contributed by atoms with Crippen molar-refractivity contribution in [3.8, 4) is 0 Å². The highest BCUT2D eigenvalue weighted by Gasteiger charge is 2.25. The maximum atomic E-state index is 13.8. The molecule has 2 aromatic rings. The molecule has 0 unspecified atom stereocenters. The van der Waals surface area contributed by atoms with Crippen molar-refractivity contribution in [1.29, 1.82) is 0 Å². The SMILES string of the molecule is CN(Cc1cccnc1)S(=O)(=O)c1cc(CO)ccc1F. The lowest BCUT2D eigenvalue weighted by atomic mass is 10.2. The Kier molecular flexibility index (Phi) is 4.66. The van der Waals surface area contributed by atoms with Crippen molar-refractivity contribution in [3.05, 3.63) is 59.7 Å². The molecule has 1 heterocycles. The van der Waals surface area contributed by atoms with Gasteiger partial charge in [0.15, 0.2) is 0 Å². The van der Waals surface area contributed by atoms with E-state index in [9.17, 15) is 12.8 Å². The number of sulfonamides is 1. The molecule has 0 fully saturated rings. The molecule has 0 saturated carbocycles. The van der Waals surface area contributed by atoms with Gasteiger partial charge in [-0.3, -0.25) is 4.98 Å². The molecule has 0 saturated heterocycles. The van der Waals surface area contributed by atoms with Crippen molar-refractivity contribution in [1.82, 2.24) is 9.29 Å². The highest BCUT2D eigenvalue weighted by molar-refractivity contribution is 7.89. The smallest absolute Gasteiger partial charge is 0.246 e. The summed E-state index contributed by atoms with van der Waals surface area (Å²) in [4.78, 5) is 3.46. The van der Waals surface area contributed by atoms with Crippen LogP contribution in [0.4, 0.5) is 4.39 Å². The Labute approximate surface area is 122 Å². The second-order valence-electron chi connectivity index (χ2n) is 4.55. The van der Waals surface area contributed by atoms with Gasteiger partial charge in [-0.15, -0.1) is 0 Å². The normalized spacial score (nSPS) is 11.8. The number of halogens is 1. The second kappa shape index (κ2) is 6.30. The predicted octanol–water partition coefficient (Wildman–Crippen LogP) is 1.53. The zero-order chi connectivity index (χ0) is 15.5. The summed E-state index contributed by atoms with van der Waals surface area (Å²) in [5.41, 5.74) is 1.03. The van der Waals surface area contributed by atoms with Gasteiger partial charge in [0.05, 0.1) is 6.61 Å². The van der Waals surface area contributed by atoms with Crippen molar-refractivity contribution in [2.75, 3.05) is 7.05 Å². The minimum Gasteiger partial charge on any atom is -0.392 e. The third-order valence-corrected chi connectivity index (χ3v) is 4.81. The molecular formula is C14H15FN2O3S. The molecule has 2 rings (SSSR count). The molecule has 1 aromatic heterocycles. The molecule has 1 aromatic carbocycles. The fourth-order valence-corrected chi connectivity index (χ4v) is 3.12. The highest BCUT2D eigenvalue weighted by Crippen LogP contribution is 2.21. The Balaban J connectivity index is 2.33. The number of aliphatic hydroxyl groups is 1. The first kappa shape index (κ1) is 15.6. The van der Waals surface area contributed by atoms with E-state index in [1.807, 2.05) is 0 Å². The first-order valence-electron chi connectivity index (χ1n) is 6.19. The van der Waals surface area contributed by atoms with Gasteiger partial charge in [-0.1, -0.05) is 12.1 Å². The molecule has 0 aliphatic rings. The van der Waals surface area contributed by atoms with E-state index in [1.165, 1.54) is 13.1 Å². The van der Waals surface area contributed by atoms with Gasteiger partial charge in [-0.25, -0.2) is 12.8 Å². The number of aliphatic hydroxyl groups excluding tert-OH is 1. The van der Waals surface area contributed by atoms with Crippen molar-refractivity contribution in [2.45, 2.75) is 18.0 Å². The van der Waals surface area contributed by atoms with E-state index < -0.39 is 20.7 Å². The second-order valence-corrected chi connectivity index (χ2v) is 6.56. The average Bonchev–Trinajstić information content (AvgIpc) is 2.48. The predicted molar refractivity (Wildman–Crippen MR) is 75.2 cm³/mol. The van der Waals surface area contributed by atoms with Gasteiger partial charge in [0.1, 0.15) is 10.7 Å². The van der Waals surface area contributed by atoms with Gasteiger partial charge in [0.25, 0.3) is 0 Å². The monoisotopic (exact) mass is 310 g/mol. The van der Waals surface area contributed by atoms with Gasteiger partial charge >= 0.3 is 0 Å². The molecule has 0 radical (unpaired) electrons. The molecule has 0 aliphatic carbocycles. The molecule has 0 spiro atoms. The number of hydrogen-bond donors (Lipinski definition) is 1. The highest BCUT2D eigenvalue weighted by atomic mass is 32.2. The van der Waals surface area contributed by atoms with Gasteiger partial charge in [-0.2, -0.15) is 4.31 Å². The minimum absolute atomic E-state index is 0.0823. The quantitative estimate of drug-likeness (QED) is 0.909. The summed E-state index contributed by atoms with van der Waals surface area (Å²) in [6.07, 6.45) is 3.13. The Morgan fingerprint density at radius 3 is 2.67 bits per heavy atom. The van der Waals surface area contributed by atoms with Gasteiger partial charge in [-0.05, 0) is 29.3 Å². The van der Waals surface area contributed by atoms with Crippen molar-refractivity contribution >= 4 is 10.0 Å². The lowest BCUT2D eigenvalue weighted by Gasteiger charge is -2.18. The van der Waals surface area contributed by atoms with Crippen LogP contribution in [0.15, 0.2) is 47.6 Å². The lowest BCUT2D eigenvalue weighted by Crippen LogP contribution is -2.27. The topological polar surface area (TPSA) is 70.5 Å². The van der Waals surface area contributed by atoms with Crippen LogP contribution in [0.25, 0.3) is 0 Å². The molecule has 0 atom stereocenters. The summed E-state index contributed by atoms with van der Waals surface area (Å²) in [7, 11) is -2.61. The van der Waals surface area contributed by atoms with Gasteiger partial charge < -0.3 is 5.11 Å². The molecular weight excluding hydrogens is 295 g/mol. The number of benzene rings is 1. The molecule has 112 valence electrons. The van der Waals surface area contributed by atoms with Crippen LogP contribution in [0.2, 0.25) is 0 Å². The largest absolute Gasteiger partial charge is 0.392 e. The van der Waals surface area contributed by atoms with E-state index in [4.69, 9.17) is 5.11 Å². The van der Waals surface area contributed by atoms with E-state index in [0.29, 0.717) is 11.1 Å². The maximum absolute atomic E-state index is 13.8. The Morgan fingerprint density at radius 1 is 1.29 bits per heavy atom. The molecule has 21 heavy (non-hydrogen) atoms. The maximum Gasteiger partial charge on any atom is 0.246 e. The van der Waals surface area contributed by atoms with Crippen molar-refractivity contribution < 1.29 is 17.9 Å². The van der Waals surface area contributed by atoms with Crippen LogP contribution in [-0.2, 0) is 23.2 Å². The van der Waals surface area contributed by atoms with Crippen LogP contribution in [0.3, 0.4) is 0 Å². The summed E-state index contributed by atoms with van der Waals surface area (Å²) < 4.78 is 39.7. The Morgan fingerprint density at radius 2 is 2.05 bits per heavy atom. The van der Waals surface area contributed by atoms with Crippen LogP contribution < -0.4 is 0 Å². The van der Waals surface area contributed by atoms with Crippen LogP contribution >= 0.6 is 0 Å². The molecule has 5 nitrogen and oxygen atoms in total. The van der Waals surface area contributed by atoms with Crippen LogP contribution in [0.1, 0.15) is 11.1 Å². The van der Waals surface area contributed by atoms with E-state index in [1.54, 1.807) is 24.5 Å². The average molecular weight is 310 g/mol. The fraction of sp³-hybridized carbons (Fsp3) is 0.214. The third-order valence-electron chi connectivity index (χ3n) is 2.99. The summed E-state index contributed by atoms with van der Waals surface area (Å²) in [6.45, 7) is -0.270. The van der Waals surface area contributed by atoms with Crippen LogP contribution in [-0.4, -0.2) is 29.9 Å². The third kappa shape index (κ3) is 3.44. The zero-order valence-electron chi connectivity index (χ0n) is 11.4. The Hall–Kier alpha value is -1.83. The molecule has 0 amide bonds. The standard InChI is InChI=1S/C14H15FN2O3S/c1-17(9-12-3-2-6-16-8-12)21(19,20)14-7-11(10-18)4-5-13(14)15/h2-8,18H,9-10H2,1H3. The molecule has 0 aliphatic heterocycles. The van der Waals surface area contributed by atoms with Gasteiger partial charge in [0, 0.05) is 26.0 Å². The van der Waals surface area contributed by atoms with Gasteiger partial charge in [0.2, 0.25) is 10.0 Å². The number of aromatic nitrogens is 1. The van der Waals surface area contributed by atoms with E-state index >= 15 is 0 Å². The lowest BCUT2D eigenvalue weighted by molar-refractivity contribution is 0.281. The Bertz CT molecular complexity index is 720. The summed E-state index contributed by atoms with van der Waals surface area (Å²) in [6, 6.07) is 6.96.